The lowest BCUT2D eigenvalue weighted by Gasteiger charge is -2.26. The zero-order valence-electron chi connectivity index (χ0n) is 9.21. The Labute approximate surface area is 87.1 Å². The van der Waals surface area contributed by atoms with Gasteiger partial charge in [-0.3, -0.25) is 0 Å². The maximum atomic E-state index is 9.20. The molecule has 1 aliphatic carbocycles. The van der Waals surface area contributed by atoms with Gasteiger partial charge in [-0.2, -0.15) is 5.26 Å². The van der Waals surface area contributed by atoms with Crippen molar-refractivity contribution in [2.24, 2.45) is 5.41 Å². The van der Waals surface area contributed by atoms with E-state index in [-0.39, 0.29) is 5.41 Å². The summed E-state index contributed by atoms with van der Waals surface area (Å²) in [6, 6.07) is 2.51. The van der Waals surface area contributed by atoms with Crippen LogP contribution in [-0.2, 0) is 0 Å². The van der Waals surface area contributed by atoms with Crippen LogP contribution in [-0.4, -0.2) is 0 Å². The lowest BCUT2D eigenvalue weighted by atomic mass is 9.75. The third kappa shape index (κ3) is 3.03. The minimum atomic E-state index is -0.0687. The van der Waals surface area contributed by atoms with E-state index in [1.165, 1.54) is 5.57 Å². The zero-order valence-corrected chi connectivity index (χ0v) is 9.21. The van der Waals surface area contributed by atoms with Gasteiger partial charge in [0.1, 0.15) is 0 Å². The van der Waals surface area contributed by atoms with E-state index >= 15 is 0 Å². The Morgan fingerprint density at radius 1 is 1.50 bits per heavy atom. The molecule has 0 heterocycles. The molecule has 0 saturated heterocycles. The highest BCUT2D eigenvalue weighted by Crippen LogP contribution is 2.36. The SMILES string of the molecule is CC(C)=CCCC1(C#N)CC=CCC1. The average Bonchev–Trinajstić information content (AvgIpc) is 2.19. The Morgan fingerprint density at radius 3 is 2.79 bits per heavy atom. The van der Waals surface area contributed by atoms with E-state index < -0.39 is 0 Å². The van der Waals surface area contributed by atoms with Gasteiger partial charge in [0.05, 0.1) is 11.5 Å². The highest BCUT2D eigenvalue weighted by molar-refractivity contribution is 5.09. The second kappa shape index (κ2) is 5.00. The summed E-state index contributed by atoms with van der Waals surface area (Å²) in [5.41, 5.74) is 1.28. The van der Waals surface area contributed by atoms with Crippen LogP contribution in [0, 0.1) is 16.7 Å². The average molecular weight is 189 g/mol. The van der Waals surface area contributed by atoms with Gasteiger partial charge in [0.25, 0.3) is 0 Å². The van der Waals surface area contributed by atoms with Gasteiger partial charge < -0.3 is 0 Å². The van der Waals surface area contributed by atoms with E-state index in [2.05, 4.69) is 38.1 Å². The molecule has 0 N–H and O–H groups in total. The van der Waals surface area contributed by atoms with Crippen LogP contribution < -0.4 is 0 Å². The molecule has 76 valence electrons. The number of hydrogen-bond donors (Lipinski definition) is 0. The number of rotatable bonds is 3. The van der Waals surface area contributed by atoms with Gasteiger partial charge in [-0.1, -0.05) is 23.8 Å². The highest BCUT2D eigenvalue weighted by atomic mass is 14.4. The summed E-state index contributed by atoms with van der Waals surface area (Å²) >= 11 is 0. The van der Waals surface area contributed by atoms with Crippen molar-refractivity contribution in [3.63, 3.8) is 0 Å². The Morgan fingerprint density at radius 2 is 2.29 bits per heavy atom. The zero-order chi connectivity index (χ0) is 10.4. The van der Waals surface area contributed by atoms with Crippen LogP contribution >= 0.6 is 0 Å². The molecule has 0 fully saturated rings. The molecule has 0 amide bonds. The molecular formula is C13H19N. The third-order valence-corrected chi connectivity index (χ3v) is 2.88. The summed E-state index contributed by atoms with van der Waals surface area (Å²) in [7, 11) is 0. The van der Waals surface area contributed by atoms with Crippen LogP contribution in [0.4, 0.5) is 0 Å². The molecule has 1 unspecified atom stereocenters. The second-order valence-electron chi connectivity index (χ2n) is 4.43. The Kier molecular flexibility index (Phi) is 3.95. The summed E-state index contributed by atoms with van der Waals surface area (Å²) in [4.78, 5) is 0. The fraction of sp³-hybridized carbons (Fsp3) is 0.615. The molecule has 1 rings (SSSR count). The van der Waals surface area contributed by atoms with Crippen molar-refractivity contribution in [3.8, 4) is 6.07 Å². The van der Waals surface area contributed by atoms with Gasteiger partial charge in [-0.05, 0) is 46.0 Å². The molecule has 1 atom stereocenters. The van der Waals surface area contributed by atoms with E-state index in [9.17, 15) is 5.26 Å². The van der Waals surface area contributed by atoms with E-state index in [4.69, 9.17) is 0 Å². The highest BCUT2D eigenvalue weighted by Gasteiger charge is 2.28. The summed E-state index contributed by atoms with van der Waals surface area (Å²) < 4.78 is 0. The minimum Gasteiger partial charge on any atom is -0.198 e. The van der Waals surface area contributed by atoms with Crippen molar-refractivity contribution in [1.29, 1.82) is 5.26 Å². The second-order valence-corrected chi connectivity index (χ2v) is 4.43. The fourth-order valence-electron chi connectivity index (χ4n) is 1.91. The molecule has 0 radical (unpaired) electrons. The molecule has 1 aliphatic rings. The lowest BCUT2D eigenvalue weighted by Crippen LogP contribution is -2.19. The smallest absolute Gasteiger partial charge is 0.0693 e. The molecule has 1 heteroatoms. The maximum absolute atomic E-state index is 9.20. The van der Waals surface area contributed by atoms with Crippen LogP contribution in [0.3, 0.4) is 0 Å². The molecule has 0 bridgehead atoms. The Bertz CT molecular complexity index is 276. The van der Waals surface area contributed by atoms with E-state index in [0.717, 1.165) is 32.1 Å². The van der Waals surface area contributed by atoms with Crippen LogP contribution in [0.15, 0.2) is 23.8 Å². The van der Waals surface area contributed by atoms with Crippen LogP contribution in [0.1, 0.15) is 46.0 Å². The monoisotopic (exact) mass is 189 g/mol. The number of nitriles is 1. The molecule has 14 heavy (non-hydrogen) atoms. The molecule has 0 aromatic heterocycles. The van der Waals surface area contributed by atoms with Gasteiger partial charge in [-0.25, -0.2) is 0 Å². The Hall–Kier alpha value is -1.03. The van der Waals surface area contributed by atoms with E-state index in [1.54, 1.807) is 0 Å². The predicted molar refractivity (Wildman–Crippen MR) is 59.7 cm³/mol. The normalized spacial score (nSPS) is 25.5. The number of allylic oxidation sites excluding steroid dienone is 4. The summed E-state index contributed by atoms with van der Waals surface area (Å²) in [6.07, 6.45) is 11.7. The van der Waals surface area contributed by atoms with Crippen molar-refractivity contribution in [3.05, 3.63) is 23.8 Å². The van der Waals surface area contributed by atoms with Gasteiger partial charge in [0.2, 0.25) is 0 Å². The van der Waals surface area contributed by atoms with Crippen molar-refractivity contribution in [2.45, 2.75) is 46.0 Å². The minimum absolute atomic E-state index is 0.0687. The summed E-state index contributed by atoms with van der Waals surface area (Å²) in [5.74, 6) is 0. The lowest BCUT2D eigenvalue weighted by molar-refractivity contribution is 0.333. The van der Waals surface area contributed by atoms with Crippen LogP contribution in [0.5, 0.6) is 0 Å². The van der Waals surface area contributed by atoms with Crippen molar-refractivity contribution < 1.29 is 0 Å². The molecule has 1 nitrogen and oxygen atoms in total. The topological polar surface area (TPSA) is 23.8 Å². The maximum Gasteiger partial charge on any atom is 0.0693 e. The predicted octanol–water partition coefficient (Wildman–Crippen LogP) is 3.98. The van der Waals surface area contributed by atoms with Crippen molar-refractivity contribution >= 4 is 0 Å². The Balaban J connectivity index is 2.51. The summed E-state index contributed by atoms with van der Waals surface area (Å²) in [5, 5.41) is 9.20. The quantitative estimate of drug-likeness (QED) is 0.616. The first-order valence-electron chi connectivity index (χ1n) is 5.38. The van der Waals surface area contributed by atoms with E-state index in [0.29, 0.717) is 0 Å². The molecule has 0 spiro atoms. The van der Waals surface area contributed by atoms with Gasteiger partial charge in [0.15, 0.2) is 0 Å². The van der Waals surface area contributed by atoms with Crippen LogP contribution in [0.25, 0.3) is 0 Å². The fourth-order valence-corrected chi connectivity index (χ4v) is 1.91. The first kappa shape index (κ1) is 11.0. The molecule has 0 aromatic rings. The van der Waals surface area contributed by atoms with Gasteiger partial charge >= 0.3 is 0 Å². The van der Waals surface area contributed by atoms with Gasteiger partial charge in [-0.15, -0.1) is 0 Å². The first-order chi connectivity index (χ1) is 6.68. The molecule has 0 saturated carbocycles. The van der Waals surface area contributed by atoms with Gasteiger partial charge in [0, 0.05) is 0 Å². The standard InChI is InChI=1S/C13H19N/c1-12(2)7-6-10-13(11-14)8-4-3-5-9-13/h3-4,7H,5-6,8-10H2,1-2H3. The molecule has 0 aliphatic heterocycles. The molecule has 0 aromatic carbocycles. The van der Waals surface area contributed by atoms with Crippen molar-refractivity contribution in [1.82, 2.24) is 0 Å². The van der Waals surface area contributed by atoms with E-state index in [1.807, 2.05) is 0 Å². The molecular weight excluding hydrogens is 170 g/mol. The third-order valence-electron chi connectivity index (χ3n) is 2.88. The number of hydrogen-bond acceptors (Lipinski definition) is 1. The number of nitrogens with zero attached hydrogens (tertiary/aromatic N) is 1. The van der Waals surface area contributed by atoms with Crippen LogP contribution in [0.2, 0.25) is 0 Å². The largest absolute Gasteiger partial charge is 0.198 e. The summed E-state index contributed by atoms with van der Waals surface area (Å²) in [6.45, 7) is 4.22. The van der Waals surface area contributed by atoms with Crippen molar-refractivity contribution in [2.75, 3.05) is 0 Å². The first-order valence-corrected chi connectivity index (χ1v) is 5.38.